The van der Waals surface area contributed by atoms with Crippen molar-refractivity contribution in [1.82, 2.24) is 9.80 Å². The third kappa shape index (κ3) is 3.37. The van der Waals surface area contributed by atoms with Crippen LogP contribution in [0.5, 0.6) is 0 Å². The zero-order chi connectivity index (χ0) is 14.5. The van der Waals surface area contributed by atoms with Gasteiger partial charge in [-0.05, 0) is 31.2 Å². The Morgan fingerprint density at radius 2 is 2.05 bits per heavy atom. The number of rotatable bonds is 3. The normalized spacial score (nSPS) is 19.6. The highest BCUT2D eigenvalue weighted by Crippen LogP contribution is 2.12. The molecule has 0 spiro atoms. The Balaban J connectivity index is 1.93. The molecule has 1 heterocycles. The average Bonchev–Trinajstić information content (AvgIpc) is 2.48. The van der Waals surface area contributed by atoms with E-state index in [1.54, 1.807) is 12.1 Å². The molecular formula is C16H21N3O. The molecule has 2 rings (SSSR count). The van der Waals surface area contributed by atoms with E-state index in [1.807, 2.05) is 17.0 Å². The first-order valence-electron chi connectivity index (χ1n) is 7.15. The summed E-state index contributed by atoms with van der Waals surface area (Å²) in [7, 11) is 0. The van der Waals surface area contributed by atoms with Gasteiger partial charge in [-0.3, -0.25) is 9.69 Å². The molecular weight excluding hydrogens is 250 g/mol. The fraction of sp³-hybridized carbons (Fsp3) is 0.500. The van der Waals surface area contributed by atoms with Crippen molar-refractivity contribution in [2.75, 3.05) is 26.2 Å². The third-order valence-corrected chi connectivity index (χ3v) is 3.96. The van der Waals surface area contributed by atoms with E-state index in [0.29, 0.717) is 18.0 Å². The summed E-state index contributed by atoms with van der Waals surface area (Å²) in [5.41, 5.74) is 1.60. The fourth-order valence-electron chi connectivity index (χ4n) is 2.68. The monoisotopic (exact) mass is 271 g/mol. The van der Waals surface area contributed by atoms with Crippen molar-refractivity contribution in [3.63, 3.8) is 0 Å². The Kier molecular flexibility index (Phi) is 4.75. The van der Waals surface area contributed by atoms with Gasteiger partial charge in [0.25, 0.3) is 0 Å². The van der Waals surface area contributed by atoms with Crippen molar-refractivity contribution in [2.24, 2.45) is 0 Å². The standard InChI is InChI=1S/C16H21N3O/c1-3-18-8-9-19(12-13(18)2)16(20)10-14-4-6-15(11-17)7-5-14/h4-7,13H,3,8-10,12H2,1-2H3. The minimum absolute atomic E-state index is 0.178. The van der Waals surface area contributed by atoms with Crippen LogP contribution in [0.25, 0.3) is 0 Å². The molecule has 1 fully saturated rings. The molecule has 0 aliphatic carbocycles. The number of benzene rings is 1. The summed E-state index contributed by atoms with van der Waals surface area (Å²) in [5, 5.41) is 8.76. The van der Waals surface area contributed by atoms with Crippen molar-refractivity contribution < 1.29 is 4.79 Å². The van der Waals surface area contributed by atoms with Gasteiger partial charge >= 0.3 is 0 Å². The molecule has 1 unspecified atom stereocenters. The Morgan fingerprint density at radius 1 is 1.35 bits per heavy atom. The number of carbonyl (C=O) groups is 1. The second kappa shape index (κ2) is 6.53. The van der Waals surface area contributed by atoms with Crippen LogP contribution in [-0.4, -0.2) is 47.9 Å². The van der Waals surface area contributed by atoms with Gasteiger partial charge in [-0.2, -0.15) is 5.26 Å². The van der Waals surface area contributed by atoms with Crippen LogP contribution in [0.1, 0.15) is 25.0 Å². The van der Waals surface area contributed by atoms with E-state index >= 15 is 0 Å². The molecule has 1 aromatic carbocycles. The van der Waals surface area contributed by atoms with Gasteiger partial charge in [-0.1, -0.05) is 19.1 Å². The van der Waals surface area contributed by atoms with Crippen LogP contribution in [-0.2, 0) is 11.2 Å². The number of nitriles is 1. The van der Waals surface area contributed by atoms with Crippen molar-refractivity contribution in [2.45, 2.75) is 26.3 Å². The fourth-order valence-corrected chi connectivity index (χ4v) is 2.68. The topological polar surface area (TPSA) is 47.3 Å². The molecule has 1 atom stereocenters. The SMILES string of the molecule is CCN1CCN(C(=O)Cc2ccc(C#N)cc2)CC1C. The molecule has 1 aromatic rings. The summed E-state index contributed by atoms with van der Waals surface area (Å²) in [5.74, 6) is 0.178. The van der Waals surface area contributed by atoms with Crippen molar-refractivity contribution in [3.05, 3.63) is 35.4 Å². The van der Waals surface area contributed by atoms with Gasteiger partial charge in [0.05, 0.1) is 18.1 Å². The zero-order valence-corrected chi connectivity index (χ0v) is 12.2. The van der Waals surface area contributed by atoms with E-state index in [4.69, 9.17) is 5.26 Å². The largest absolute Gasteiger partial charge is 0.340 e. The maximum Gasteiger partial charge on any atom is 0.227 e. The number of amides is 1. The third-order valence-electron chi connectivity index (χ3n) is 3.96. The summed E-state index contributed by atoms with van der Waals surface area (Å²) in [6.07, 6.45) is 0.421. The molecule has 0 radical (unpaired) electrons. The highest BCUT2D eigenvalue weighted by molar-refractivity contribution is 5.79. The molecule has 4 nitrogen and oxygen atoms in total. The summed E-state index contributed by atoms with van der Waals surface area (Å²) in [4.78, 5) is 16.7. The summed E-state index contributed by atoms with van der Waals surface area (Å²) >= 11 is 0. The van der Waals surface area contributed by atoms with Gasteiger partial charge in [-0.15, -0.1) is 0 Å². The van der Waals surface area contributed by atoms with Crippen LogP contribution in [0.3, 0.4) is 0 Å². The highest BCUT2D eigenvalue weighted by Gasteiger charge is 2.25. The van der Waals surface area contributed by atoms with E-state index in [0.717, 1.165) is 31.7 Å². The maximum absolute atomic E-state index is 12.3. The lowest BCUT2D eigenvalue weighted by Gasteiger charge is -2.39. The lowest BCUT2D eigenvalue weighted by molar-refractivity contribution is -0.133. The van der Waals surface area contributed by atoms with Gasteiger partial charge in [0.1, 0.15) is 0 Å². The lowest BCUT2D eigenvalue weighted by atomic mass is 10.1. The second-order valence-electron chi connectivity index (χ2n) is 5.30. The Labute approximate surface area is 120 Å². The van der Waals surface area contributed by atoms with E-state index in [-0.39, 0.29) is 5.91 Å². The van der Waals surface area contributed by atoms with Crippen LogP contribution in [0.15, 0.2) is 24.3 Å². The van der Waals surface area contributed by atoms with E-state index in [1.165, 1.54) is 0 Å². The van der Waals surface area contributed by atoms with Crippen molar-refractivity contribution >= 4 is 5.91 Å². The Hall–Kier alpha value is -1.86. The molecule has 4 heteroatoms. The molecule has 1 aliphatic heterocycles. The van der Waals surface area contributed by atoms with Gasteiger partial charge in [0.2, 0.25) is 5.91 Å². The molecule has 1 saturated heterocycles. The Bertz CT molecular complexity index is 503. The van der Waals surface area contributed by atoms with Crippen LogP contribution in [0, 0.1) is 11.3 Å². The summed E-state index contributed by atoms with van der Waals surface area (Å²) < 4.78 is 0. The number of hydrogen-bond donors (Lipinski definition) is 0. The number of nitrogens with zero attached hydrogens (tertiary/aromatic N) is 3. The molecule has 0 bridgehead atoms. The second-order valence-corrected chi connectivity index (χ2v) is 5.30. The highest BCUT2D eigenvalue weighted by atomic mass is 16.2. The zero-order valence-electron chi connectivity index (χ0n) is 12.2. The number of carbonyl (C=O) groups excluding carboxylic acids is 1. The number of piperazine rings is 1. The molecule has 1 aliphatic rings. The van der Waals surface area contributed by atoms with Gasteiger partial charge in [0.15, 0.2) is 0 Å². The summed E-state index contributed by atoms with van der Waals surface area (Å²) in [6, 6.07) is 9.77. The first-order valence-corrected chi connectivity index (χ1v) is 7.15. The average molecular weight is 271 g/mol. The maximum atomic E-state index is 12.3. The quantitative estimate of drug-likeness (QED) is 0.840. The minimum atomic E-state index is 0.178. The van der Waals surface area contributed by atoms with Crippen LogP contribution in [0.4, 0.5) is 0 Å². The predicted octanol–water partition coefficient (Wildman–Crippen LogP) is 1.65. The molecule has 0 saturated carbocycles. The van der Waals surface area contributed by atoms with Gasteiger partial charge < -0.3 is 4.90 Å². The van der Waals surface area contributed by atoms with Crippen LogP contribution >= 0.6 is 0 Å². The molecule has 0 N–H and O–H groups in total. The number of hydrogen-bond acceptors (Lipinski definition) is 3. The lowest BCUT2D eigenvalue weighted by Crippen LogP contribution is -2.53. The molecule has 106 valence electrons. The Morgan fingerprint density at radius 3 is 2.60 bits per heavy atom. The molecule has 1 amide bonds. The minimum Gasteiger partial charge on any atom is -0.340 e. The van der Waals surface area contributed by atoms with Gasteiger partial charge in [0, 0.05) is 25.7 Å². The first-order chi connectivity index (χ1) is 9.63. The first kappa shape index (κ1) is 14.5. The van der Waals surface area contributed by atoms with E-state index < -0.39 is 0 Å². The van der Waals surface area contributed by atoms with Crippen LogP contribution < -0.4 is 0 Å². The number of likely N-dealkylation sites (N-methyl/N-ethyl adjacent to an activating group) is 1. The smallest absolute Gasteiger partial charge is 0.227 e. The molecule has 20 heavy (non-hydrogen) atoms. The molecule has 0 aromatic heterocycles. The summed E-state index contributed by atoms with van der Waals surface area (Å²) in [6.45, 7) is 7.95. The van der Waals surface area contributed by atoms with Crippen molar-refractivity contribution in [3.8, 4) is 6.07 Å². The van der Waals surface area contributed by atoms with E-state index in [9.17, 15) is 4.79 Å². The van der Waals surface area contributed by atoms with Crippen molar-refractivity contribution in [1.29, 1.82) is 5.26 Å². The van der Waals surface area contributed by atoms with E-state index in [2.05, 4.69) is 24.8 Å². The predicted molar refractivity (Wildman–Crippen MR) is 78.2 cm³/mol. The van der Waals surface area contributed by atoms with Gasteiger partial charge in [-0.25, -0.2) is 0 Å². The van der Waals surface area contributed by atoms with Crippen LogP contribution in [0.2, 0.25) is 0 Å².